The molecule has 0 amide bonds. The van der Waals surface area contributed by atoms with Crippen LogP contribution in [0.15, 0.2) is 0 Å². The van der Waals surface area contributed by atoms with Crippen LogP contribution in [0.25, 0.3) is 0 Å². The Balaban J connectivity index is 0. The molecule has 4 nitrogen and oxygen atoms in total. The smallest absolute Gasteiger partial charge is 0.850 e. The maximum Gasteiger partial charge on any atom is 1.00 e. The van der Waals surface area contributed by atoms with Crippen LogP contribution in [0.1, 0.15) is 25.2 Å². The maximum absolute atomic E-state index is 10.1. The molecule has 1 N–H and O–H groups in total. The van der Waals surface area contributed by atoms with Gasteiger partial charge in [-0.2, -0.15) is 15.4 Å². The Morgan fingerprint density at radius 3 is 2.09 bits per heavy atom. The molecule has 1 aromatic heterocycles. The monoisotopic (exact) mass is 181 g/mol. The summed E-state index contributed by atoms with van der Waals surface area (Å²) in [5, 5.41) is 19.7. The molecular weight excluding hydrogens is 169 g/mol. The molecule has 0 aliphatic rings. The molecule has 0 fully saturated rings. The van der Waals surface area contributed by atoms with E-state index in [9.17, 15) is 5.11 Å². The zero-order chi connectivity index (χ0) is 7.98. The van der Waals surface area contributed by atoms with Gasteiger partial charge in [-0.05, 0) is 6.92 Å². The zero-order valence-corrected chi connectivity index (χ0v) is 10.6. The largest absolute Gasteiger partial charge is 1.00 e. The van der Waals surface area contributed by atoms with E-state index in [0.29, 0.717) is 11.4 Å². The number of nitrogens with zero attached hydrogens (tertiary/aromatic N) is 2. The van der Waals surface area contributed by atoms with Crippen LogP contribution in [0, 0.1) is 6.92 Å². The number of H-pyrrole nitrogens is 1. The molecule has 0 saturated carbocycles. The van der Waals surface area contributed by atoms with E-state index in [-0.39, 0.29) is 58.0 Å². The van der Waals surface area contributed by atoms with Crippen molar-refractivity contribution >= 4 is 0 Å². The van der Waals surface area contributed by atoms with Crippen molar-refractivity contribution in [2.24, 2.45) is 0 Å². The molecule has 11 heavy (non-hydrogen) atoms. The number of nitrogens with one attached hydrogen (secondary N) is 1. The minimum absolute atomic E-state index is 0. The van der Waals surface area contributed by atoms with E-state index >= 15 is 0 Å². The van der Waals surface area contributed by atoms with Crippen LogP contribution in [0.3, 0.4) is 0 Å². The molecule has 0 spiro atoms. The minimum atomic E-state index is -0.289. The fourth-order valence-electron chi connectivity index (χ4n) is 0.443. The first kappa shape index (κ1) is 14.3. The number of hydrogen-bond acceptors (Lipinski definition) is 3. The number of hydrogen-bond donors (Lipinski definition) is 1. The third-order valence-electron chi connectivity index (χ3n) is 0.957. The van der Waals surface area contributed by atoms with Gasteiger partial charge in [-0.15, -0.1) is 0 Å². The predicted octanol–water partition coefficient (Wildman–Crippen LogP) is -3.00. The molecule has 0 saturated heterocycles. The third kappa shape index (κ3) is 5.05. The van der Waals surface area contributed by atoms with Crippen molar-refractivity contribution in [1.82, 2.24) is 15.4 Å². The van der Waals surface area contributed by atoms with Crippen molar-refractivity contribution in [3.8, 4) is 0 Å². The summed E-state index contributed by atoms with van der Waals surface area (Å²) in [6.07, 6.45) is 0. The van der Waals surface area contributed by atoms with Crippen molar-refractivity contribution < 1.29 is 56.5 Å². The van der Waals surface area contributed by atoms with Gasteiger partial charge in [-0.1, -0.05) is 20.5 Å². The van der Waals surface area contributed by atoms with Gasteiger partial charge in [0.15, 0.2) is 0 Å². The van der Waals surface area contributed by atoms with Crippen molar-refractivity contribution in [2.75, 3.05) is 0 Å². The Kier molecular flexibility index (Phi) is 11.5. The second-order valence-electron chi connectivity index (χ2n) is 1.50. The van der Waals surface area contributed by atoms with Crippen LogP contribution in [-0.2, 0) is 6.61 Å². The molecular formula is C6H12KN3O. The summed E-state index contributed by atoms with van der Waals surface area (Å²) in [5.41, 5.74) is 1.20. The van der Waals surface area contributed by atoms with E-state index in [0.717, 1.165) is 0 Å². The second kappa shape index (κ2) is 8.83. The molecule has 0 radical (unpaired) electrons. The normalized spacial score (nSPS) is 7.64. The molecule has 5 heteroatoms. The fourth-order valence-corrected chi connectivity index (χ4v) is 0.443. The first-order valence-electron chi connectivity index (χ1n) is 3.29. The van der Waals surface area contributed by atoms with Crippen LogP contribution >= 0.6 is 0 Å². The van der Waals surface area contributed by atoms with E-state index in [1.165, 1.54) is 0 Å². The van der Waals surface area contributed by atoms with Gasteiger partial charge in [0, 0.05) is 0 Å². The van der Waals surface area contributed by atoms with Gasteiger partial charge in [-0.25, -0.2) is 0 Å². The Hall–Kier alpha value is 0.736. The second-order valence-corrected chi connectivity index (χ2v) is 1.50. The Morgan fingerprint density at radius 2 is 1.91 bits per heavy atom. The van der Waals surface area contributed by atoms with Crippen molar-refractivity contribution in [2.45, 2.75) is 27.4 Å². The average molecular weight is 181 g/mol. The minimum Gasteiger partial charge on any atom is -0.850 e. The number of aromatic amines is 1. The van der Waals surface area contributed by atoms with Crippen molar-refractivity contribution in [3.05, 3.63) is 11.4 Å². The quantitative estimate of drug-likeness (QED) is 0.470. The van der Waals surface area contributed by atoms with E-state index in [1.807, 2.05) is 13.8 Å². The third-order valence-corrected chi connectivity index (χ3v) is 0.957. The molecule has 0 unspecified atom stereocenters. The Morgan fingerprint density at radius 1 is 1.36 bits per heavy atom. The topological polar surface area (TPSA) is 64.6 Å². The first-order chi connectivity index (χ1) is 4.84. The fraction of sp³-hybridized carbons (Fsp3) is 0.667. The molecule has 1 aromatic rings. The molecule has 1 heterocycles. The van der Waals surface area contributed by atoms with E-state index in [4.69, 9.17) is 0 Å². The van der Waals surface area contributed by atoms with Gasteiger partial charge in [0.1, 0.15) is 0 Å². The van der Waals surface area contributed by atoms with E-state index in [2.05, 4.69) is 15.4 Å². The number of rotatable bonds is 1. The summed E-state index contributed by atoms with van der Waals surface area (Å²) in [6.45, 7) is 5.46. The van der Waals surface area contributed by atoms with Crippen LogP contribution in [0.5, 0.6) is 0 Å². The Bertz CT molecular complexity index is 178. The SMILES string of the molecule is CC.Cc1n[nH]nc1C[O-].[K+]. The van der Waals surface area contributed by atoms with Gasteiger partial charge in [-0.3, -0.25) is 0 Å². The van der Waals surface area contributed by atoms with Gasteiger partial charge in [0.05, 0.1) is 11.4 Å². The summed E-state index contributed by atoms with van der Waals surface area (Å²) in [5.74, 6) is 0. The van der Waals surface area contributed by atoms with E-state index in [1.54, 1.807) is 6.92 Å². The molecule has 1 rings (SSSR count). The maximum atomic E-state index is 10.1. The molecule has 0 atom stereocenters. The van der Waals surface area contributed by atoms with Crippen molar-refractivity contribution in [1.29, 1.82) is 0 Å². The molecule has 58 valence electrons. The molecule has 0 aliphatic carbocycles. The van der Waals surface area contributed by atoms with Crippen LogP contribution in [0.4, 0.5) is 0 Å². The first-order valence-corrected chi connectivity index (χ1v) is 3.29. The van der Waals surface area contributed by atoms with Gasteiger partial charge >= 0.3 is 51.4 Å². The summed E-state index contributed by atoms with van der Waals surface area (Å²) in [6, 6.07) is 0. The summed E-state index contributed by atoms with van der Waals surface area (Å²) in [4.78, 5) is 0. The van der Waals surface area contributed by atoms with Crippen LogP contribution in [0.2, 0.25) is 0 Å². The number of aromatic nitrogens is 3. The molecule has 0 bridgehead atoms. The van der Waals surface area contributed by atoms with Gasteiger partial charge in [0.25, 0.3) is 0 Å². The standard InChI is InChI=1S/C4H6N3O.C2H6.K/c1-3-4(2-8)6-7-5-3;1-2;/h2H2,1H3,(H,5,6,7);1-2H3;/q-1;;+1. The van der Waals surface area contributed by atoms with Crippen molar-refractivity contribution in [3.63, 3.8) is 0 Å². The van der Waals surface area contributed by atoms with Crippen LogP contribution in [-0.4, -0.2) is 15.4 Å². The van der Waals surface area contributed by atoms with Crippen LogP contribution < -0.4 is 56.5 Å². The summed E-state index contributed by atoms with van der Waals surface area (Å²) in [7, 11) is 0. The average Bonchev–Trinajstić information content (AvgIpc) is 2.39. The summed E-state index contributed by atoms with van der Waals surface area (Å²) < 4.78 is 0. The molecule has 0 aromatic carbocycles. The number of aryl methyl sites for hydroxylation is 1. The van der Waals surface area contributed by atoms with Gasteiger partial charge < -0.3 is 5.11 Å². The zero-order valence-electron chi connectivity index (χ0n) is 7.51. The Labute approximate surface area is 109 Å². The van der Waals surface area contributed by atoms with E-state index < -0.39 is 0 Å². The summed E-state index contributed by atoms with van der Waals surface area (Å²) >= 11 is 0. The molecule has 0 aliphatic heterocycles. The van der Waals surface area contributed by atoms with Gasteiger partial charge in [0.2, 0.25) is 0 Å². The predicted molar refractivity (Wildman–Crippen MR) is 36.2 cm³/mol.